The van der Waals surface area contributed by atoms with Gasteiger partial charge in [0, 0.05) is 11.4 Å². The first kappa shape index (κ1) is 12.0. The van der Waals surface area contributed by atoms with Crippen molar-refractivity contribution in [1.29, 1.82) is 0 Å². The predicted molar refractivity (Wildman–Crippen MR) is 62.6 cm³/mol. The van der Waals surface area contributed by atoms with Gasteiger partial charge in [-0.3, -0.25) is 0 Å². The fraction of sp³-hybridized carbons (Fsp3) is 0.636. The van der Waals surface area contributed by atoms with Crippen LogP contribution in [0.15, 0.2) is 17.5 Å². The maximum Gasteiger partial charge on any atom is 0.0897 e. The van der Waals surface area contributed by atoms with Crippen molar-refractivity contribution >= 4 is 11.3 Å². The molecule has 0 aromatic carbocycles. The summed E-state index contributed by atoms with van der Waals surface area (Å²) < 4.78 is 10.4. The zero-order chi connectivity index (χ0) is 11.2. The molecule has 2 N–H and O–H groups in total. The van der Waals surface area contributed by atoms with Crippen LogP contribution in [-0.4, -0.2) is 43.6 Å². The van der Waals surface area contributed by atoms with Gasteiger partial charge >= 0.3 is 0 Å². The number of hydrogen-bond acceptors (Lipinski definition) is 5. The second-order valence-electron chi connectivity index (χ2n) is 3.89. The van der Waals surface area contributed by atoms with Crippen molar-refractivity contribution in [3.63, 3.8) is 0 Å². The first-order valence-electron chi connectivity index (χ1n) is 5.44. The van der Waals surface area contributed by atoms with Crippen LogP contribution in [0.1, 0.15) is 4.88 Å². The quantitative estimate of drug-likeness (QED) is 0.737. The van der Waals surface area contributed by atoms with Crippen molar-refractivity contribution in [2.24, 2.45) is 0 Å². The Hall–Kier alpha value is -0.460. The molecule has 1 aromatic heterocycles. The molecule has 1 aliphatic rings. The predicted octanol–water partition coefficient (Wildman–Crippen LogP) is 0.614. The van der Waals surface area contributed by atoms with E-state index in [1.165, 1.54) is 4.88 Å². The van der Waals surface area contributed by atoms with Crippen LogP contribution < -0.4 is 5.32 Å². The Labute approximate surface area is 99.2 Å². The van der Waals surface area contributed by atoms with E-state index in [1.807, 2.05) is 17.5 Å². The molecule has 1 aromatic rings. The summed E-state index contributed by atoms with van der Waals surface area (Å²) in [6.45, 7) is 3.03. The van der Waals surface area contributed by atoms with Crippen LogP contribution in [0.2, 0.25) is 0 Å². The molecule has 4 nitrogen and oxygen atoms in total. The molecule has 1 fully saturated rings. The molecule has 1 saturated heterocycles. The molecular weight excluding hydrogens is 226 g/mol. The van der Waals surface area contributed by atoms with Crippen molar-refractivity contribution in [3.05, 3.63) is 22.4 Å². The molecule has 1 atom stereocenters. The summed E-state index contributed by atoms with van der Waals surface area (Å²) in [5.74, 6) is 0. The van der Waals surface area contributed by atoms with E-state index in [9.17, 15) is 5.11 Å². The van der Waals surface area contributed by atoms with E-state index in [1.54, 1.807) is 11.3 Å². The number of ether oxygens (including phenoxy) is 2. The van der Waals surface area contributed by atoms with Gasteiger partial charge in [0.2, 0.25) is 0 Å². The highest BCUT2D eigenvalue weighted by molar-refractivity contribution is 7.09. The average Bonchev–Trinajstić information content (AvgIpc) is 2.68. The first-order chi connectivity index (χ1) is 7.84. The summed E-state index contributed by atoms with van der Waals surface area (Å²) in [7, 11) is 0. The van der Waals surface area contributed by atoms with E-state index in [0.29, 0.717) is 25.8 Å². The Balaban J connectivity index is 1.51. The second-order valence-corrected chi connectivity index (χ2v) is 4.92. The van der Waals surface area contributed by atoms with Gasteiger partial charge in [-0.1, -0.05) is 6.07 Å². The summed E-state index contributed by atoms with van der Waals surface area (Å²) in [6, 6.07) is 4.44. The Kier molecular flexibility index (Phi) is 4.74. The van der Waals surface area contributed by atoms with Crippen LogP contribution in [0.3, 0.4) is 0 Å². The maximum atomic E-state index is 9.62. The molecule has 90 valence electrons. The van der Waals surface area contributed by atoms with E-state index < -0.39 is 6.10 Å². The lowest BCUT2D eigenvalue weighted by molar-refractivity contribution is -0.0181. The van der Waals surface area contributed by atoms with Gasteiger partial charge in [-0.25, -0.2) is 0 Å². The Morgan fingerprint density at radius 1 is 1.62 bits per heavy atom. The molecule has 0 radical (unpaired) electrons. The lowest BCUT2D eigenvalue weighted by Gasteiger charge is -2.27. The van der Waals surface area contributed by atoms with Crippen molar-refractivity contribution in [2.45, 2.75) is 18.8 Å². The topological polar surface area (TPSA) is 50.7 Å². The number of aliphatic hydroxyl groups excluding tert-OH is 1. The lowest BCUT2D eigenvalue weighted by atomic mass is 10.2. The fourth-order valence-corrected chi connectivity index (χ4v) is 2.05. The standard InChI is InChI=1S/C11H17NO3S/c13-10(4-12-9-5-14-6-9)7-15-8-11-2-1-3-16-11/h1-3,9-10,12-13H,4-8H2. The summed E-state index contributed by atoms with van der Waals surface area (Å²) in [5.41, 5.74) is 0. The minimum atomic E-state index is -0.444. The highest BCUT2D eigenvalue weighted by atomic mass is 32.1. The van der Waals surface area contributed by atoms with E-state index in [2.05, 4.69) is 5.32 Å². The Morgan fingerprint density at radius 3 is 3.12 bits per heavy atom. The summed E-state index contributed by atoms with van der Waals surface area (Å²) >= 11 is 1.67. The Morgan fingerprint density at radius 2 is 2.50 bits per heavy atom. The van der Waals surface area contributed by atoms with Gasteiger partial charge < -0.3 is 19.9 Å². The molecule has 1 aliphatic heterocycles. The molecule has 0 spiro atoms. The lowest BCUT2D eigenvalue weighted by Crippen LogP contribution is -2.48. The van der Waals surface area contributed by atoms with Crippen LogP contribution in [0.4, 0.5) is 0 Å². The Bertz CT molecular complexity index is 287. The molecule has 2 rings (SSSR count). The fourth-order valence-electron chi connectivity index (χ4n) is 1.41. The number of aliphatic hydroxyl groups is 1. The molecule has 0 aliphatic carbocycles. The van der Waals surface area contributed by atoms with Gasteiger partial charge in [-0.2, -0.15) is 0 Å². The van der Waals surface area contributed by atoms with E-state index in [-0.39, 0.29) is 0 Å². The third-order valence-electron chi connectivity index (χ3n) is 2.41. The maximum absolute atomic E-state index is 9.62. The molecule has 0 amide bonds. The zero-order valence-electron chi connectivity index (χ0n) is 9.09. The van der Waals surface area contributed by atoms with Crippen LogP contribution in [0.25, 0.3) is 0 Å². The molecule has 0 saturated carbocycles. The van der Waals surface area contributed by atoms with Crippen LogP contribution in [0, 0.1) is 0 Å². The number of rotatable bonds is 7. The molecule has 16 heavy (non-hydrogen) atoms. The van der Waals surface area contributed by atoms with Crippen molar-refractivity contribution < 1.29 is 14.6 Å². The van der Waals surface area contributed by atoms with Crippen LogP contribution in [0.5, 0.6) is 0 Å². The average molecular weight is 243 g/mol. The third kappa shape index (κ3) is 3.84. The molecule has 2 heterocycles. The van der Waals surface area contributed by atoms with Gasteiger partial charge in [0.25, 0.3) is 0 Å². The van der Waals surface area contributed by atoms with Gasteiger partial charge in [0.15, 0.2) is 0 Å². The minimum Gasteiger partial charge on any atom is -0.389 e. The summed E-state index contributed by atoms with van der Waals surface area (Å²) in [4.78, 5) is 1.19. The van der Waals surface area contributed by atoms with Gasteiger partial charge in [0.05, 0.1) is 38.6 Å². The summed E-state index contributed by atoms with van der Waals surface area (Å²) in [5, 5.41) is 14.9. The third-order valence-corrected chi connectivity index (χ3v) is 3.26. The monoisotopic (exact) mass is 243 g/mol. The van der Waals surface area contributed by atoms with Gasteiger partial charge in [-0.15, -0.1) is 11.3 Å². The second kappa shape index (κ2) is 6.32. The van der Waals surface area contributed by atoms with Crippen molar-refractivity contribution in [1.82, 2.24) is 5.32 Å². The van der Waals surface area contributed by atoms with E-state index in [0.717, 1.165) is 13.2 Å². The number of hydrogen-bond donors (Lipinski definition) is 2. The first-order valence-corrected chi connectivity index (χ1v) is 6.32. The molecule has 1 unspecified atom stereocenters. The number of thiophene rings is 1. The van der Waals surface area contributed by atoms with Crippen molar-refractivity contribution in [2.75, 3.05) is 26.4 Å². The van der Waals surface area contributed by atoms with Gasteiger partial charge in [0.1, 0.15) is 0 Å². The highest BCUT2D eigenvalue weighted by Crippen LogP contribution is 2.09. The minimum absolute atomic E-state index is 0.373. The van der Waals surface area contributed by atoms with Crippen LogP contribution in [-0.2, 0) is 16.1 Å². The number of nitrogens with one attached hydrogen (secondary N) is 1. The van der Waals surface area contributed by atoms with Gasteiger partial charge in [-0.05, 0) is 11.4 Å². The van der Waals surface area contributed by atoms with E-state index >= 15 is 0 Å². The molecular formula is C11H17NO3S. The van der Waals surface area contributed by atoms with Crippen LogP contribution >= 0.6 is 11.3 Å². The largest absolute Gasteiger partial charge is 0.389 e. The van der Waals surface area contributed by atoms with Crippen molar-refractivity contribution in [3.8, 4) is 0 Å². The zero-order valence-corrected chi connectivity index (χ0v) is 9.91. The SMILES string of the molecule is OC(CNC1COC1)COCc1cccs1. The highest BCUT2D eigenvalue weighted by Gasteiger charge is 2.18. The normalized spacial score (nSPS) is 18.3. The molecule has 0 bridgehead atoms. The molecule has 5 heteroatoms. The van der Waals surface area contributed by atoms with E-state index in [4.69, 9.17) is 9.47 Å². The summed E-state index contributed by atoms with van der Waals surface area (Å²) in [6.07, 6.45) is -0.444. The smallest absolute Gasteiger partial charge is 0.0897 e.